The largest absolute Gasteiger partial charge is 0.480 e. The third kappa shape index (κ3) is 5.59. The van der Waals surface area contributed by atoms with Gasteiger partial charge in [0.2, 0.25) is 5.91 Å². The summed E-state index contributed by atoms with van der Waals surface area (Å²) >= 11 is 0. The third-order valence-corrected chi connectivity index (χ3v) is 6.27. The maximum absolute atomic E-state index is 13.3. The normalized spacial score (nSPS) is 24.8. The lowest BCUT2D eigenvalue weighted by atomic mass is 9.97. The second kappa shape index (κ2) is 10.6. The van der Waals surface area contributed by atoms with Gasteiger partial charge in [0.15, 0.2) is 0 Å². The molecule has 1 amide bonds. The van der Waals surface area contributed by atoms with Crippen molar-refractivity contribution in [2.45, 2.75) is 70.0 Å². The number of hydrogen-bond donors (Lipinski definition) is 2. The Morgan fingerprint density at radius 2 is 1.97 bits per heavy atom. The summed E-state index contributed by atoms with van der Waals surface area (Å²) in [7, 11) is 0. The molecule has 7 nitrogen and oxygen atoms in total. The Hall–Kier alpha value is -2.41. The lowest BCUT2D eigenvalue weighted by Gasteiger charge is -2.31. The van der Waals surface area contributed by atoms with E-state index in [4.69, 9.17) is 4.74 Å². The van der Waals surface area contributed by atoms with Gasteiger partial charge in [0.05, 0.1) is 12.6 Å². The number of hydrogen-bond acceptors (Lipinski definition) is 5. The summed E-state index contributed by atoms with van der Waals surface area (Å²) in [4.78, 5) is 38.8. The molecule has 2 N–H and O–H groups in total. The highest BCUT2D eigenvalue weighted by Gasteiger charge is 2.42. The zero-order valence-electron chi connectivity index (χ0n) is 17.6. The third-order valence-electron chi connectivity index (χ3n) is 6.27. The van der Waals surface area contributed by atoms with Crippen molar-refractivity contribution in [3.8, 4) is 0 Å². The topological polar surface area (TPSA) is 95.9 Å². The van der Waals surface area contributed by atoms with E-state index in [1.54, 1.807) is 6.92 Å². The monoisotopic (exact) mass is 416 g/mol. The Morgan fingerprint density at radius 3 is 2.67 bits per heavy atom. The van der Waals surface area contributed by atoms with E-state index in [0.717, 1.165) is 31.2 Å². The van der Waals surface area contributed by atoms with Crippen LogP contribution in [0.2, 0.25) is 0 Å². The van der Waals surface area contributed by atoms with Crippen LogP contribution in [0.5, 0.6) is 0 Å². The van der Waals surface area contributed by atoms with Gasteiger partial charge in [-0.1, -0.05) is 36.8 Å². The summed E-state index contributed by atoms with van der Waals surface area (Å²) in [6.07, 6.45) is 5.57. The molecule has 3 rings (SSSR count). The molecule has 30 heavy (non-hydrogen) atoms. The first-order valence-electron chi connectivity index (χ1n) is 11.0. The van der Waals surface area contributed by atoms with Gasteiger partial charge in [-0.05, 0) is 56.9 Å². The number of nitrogens with one attached hydrogen (secondary N) is 1. The van der Waals surface area contributed by atoms with E-state index in [1.165, 1.54) is 4.90 Å². The summed E-state index contributed by atoms with van der Waals surface area (Å²) in [6.45, 7) is 1.75. The van der Waals surface area contributed by atoms with Gasteiger partial charge in [-0.3, -0.25) is 19.7 Å². The average Bonchev–Trinajstić information content (AvgIpc) is 3.16. The number of fused-ring (bicyclic) bond motifs is 1. The van der Waals surface area contributed by atoms with Crippen LogP contribution in [-0.2, 0) is 25.5 Å². The molecule has 1 saturated heterocycles. The van der Waals surface area contributed by atoms with E-state index in [1.807, 2.05) is 30.3 Å². The molecule has 0 aromatic heterocycles. The predicted molar refractivity (Wildman–Crippen MR) is 112 cm³/mol. The van der Waals surface area contributed by atoms with Crippen molar-refractivity contribution in [3.63, 3.8) is 0 Å². The van der Waals surface area contributed by atoms with Crippen molar-refractivity contribution in [1.82, 2.24) is 10.2 Å². The lowest BCUT2D eigenvalue weighted by Crippen LogP contribution is -2.54. The molecule has 1 aliphatic heterocycles. The number of aryl methyl sites for hydroxylation is 1. The molecule has 164 valence electrons. The molecule has 0 bridgehead atoms. The lowest BCUT2D eigenvalue weighted by molar-refractivity contribution is -0.149. The Labute approximate surface area is 177 Å². The molecule has 7 heteroatoms. The van der Waals surface area contributed by atoms with Crippen LogP contribution in [0.25, 0.3) is 0 Å². The number of likely N-dealkylation sites (tertiary alicyclic amines) is 1. The van der Waals surface area contributed by atoms with Crippen LogP contribution in [0.1, 0.15) is 51.0 Å². The number of amides is 1. The van der Waals surface area contributed by atoms with Gasteiger partial charge in [0, 0.05) is 6.04 Å². The maximum Gasteiger partial charge on any atom is 0.323 e. The number of carbonyl (C=O) groups excluding carboxylic acids is 2. The van der Waals surface area contributed by atoms with E-state index in [2.05, 4.69) is 5.32 Å². The highest BCUT2D eigenvalue weighted by atomic mass is 16.5. The Balaban J connectivity index is 1.73. The molecule has 1 aromatic rings. The molecule has 4 atom stereocenters. The predicted octanol–water partition coefficient (Wildman–Crippen LogP) is 2.38. The van der Waals surface area contributed by atoms with E-state index in [0.29, 0.717) is 25.2 Å². The molecule has 1 aromatic carbocycles. The molecular weight excluding hydrogens is 384 g/mol. The van der Waals surface area contributed by atoms with E-state index >= 15 is 0 Å². The van der Waals surface area contributed by atoms with Crippen molar-refractivity contribution in [2.75, 3.05) is 13.2 Å². The zero-order valence-corrected chi connectivity index (χ0v) is 17.6. The minimum Gasteiger partial charge on any atom is -0.480 e. The Kier molecular flexibility index (Phi) is 7.85. The fraction of sp³-hybridized carbons (Fsp3) is 0.609. The molecule has 2 fully saturated rings. The van der Waals surface area contributed by atoms with Gasteiger partial charge < -0.3 is 14.7 Å². The minimum atomic E-state index is -0.999. The first-order chi connectivity index (χ1) is 14.5. The number of carbonyl (C=O) groups is 3. The van der Waals surface area contributed by atoms with Crippen molar-refractivity contribution < 1.29 is 24.2 Å². The zero-order chi connectivity index (χ0) is 21.5. The number of carboxylic acids is 1. The van der Waals surface area contributed by atoms with Crippen LogP contribution in [0.3, 0.4) is 0 Å². The second-order valence-corrected chi connectivity index (χ2v) is 8.24. The molecule has 0 radical (unpaired) electrons. The molecule has 2 aliphatic rings. The number of ether oxygens (including phenoxy) is 1. The van der Waals surface area contributed by atoms with Gasteiger partial charge in [0.1, 0.15) is 12.6 Å². The fourth-order valence-electron chi connectivity index (χ4n) is 4.84. The van der Waals surface area contributed by atoms with E-state index in [9.17, 15) is 19.5 Å². The van der Waals surface area contributed by atoms with Crippen molar-refractivity contribution in [1.29, 1.82) is 0 Å². The summed E-state index contributed by atoms with van der Waals surface area (Å²) in [6, 6.07) is 8.69. The Morgan fingerprint density at radius 1 is 1.20 bits per heavy atom. The molecule has 0 spiro atoms. The van der Waals surface area contributed by atoms with Crippen LogP contribution in [-0.4, -0.2) is 59.1 Å². The average molecular weight is 417 g/mol. The van der Waals surface area contributed by atoms with E-state index in [-0.39, 0.29) is 31.1 Å². The standard InChI is InChI=1S/C23H32N2O5/c1-2-30-23(29)19(13-11-16-7-4-3-5-8-16)24-18-14-12-17-9-6-10-20(17)25(22(18)28)15-21(26)27/h3-5,7-8,17-20,24H,2,6,9-15H2,1H3,(H,26,27)/t17?,18-,19-,20?/m0/s1. The van der Waals surface area contributed by atoms with Crippen LogP contribution < -0.4 is 5.32 Å². The number of nitrogens with zero attached hydrogens (tertiary/aromatic N) is 1. The van der Waals surface area contributed by atoms with Crippen LogP contribution in [0.4, 0.5) is 0 Å². The molecular formula is C23H32N2O5. The molecule has 1 aliphatic carbocycles. The molecule has 2 unspecified atom stereocenters. The quantitative estimate of drug-likeness (QED) is 0.600. The Bertz CT molecular complexity index is 738. The van der Waals surface area contributed by atoms with Gasteiger partial charge >= 0.3 is 11.9 Å². The maximum atomic E-state index is 13.3. The first kappa shape index (κ1) is 22.3. The molecule has 1 saturated carbocycles. The highest BCUT2D eigenvalue weighted by Crippen LogP contribution is 2.36. The van der Waals surface area contributed by atoms with Crippen LogP contribution in [0, 0.1) is 5.92 Å². The number of benzene rings is 1. The van der Waals surface area contributed by atoms with Gasteiger partial charge in [-0.2, -0.15) is 0 Å². The highest BCUT2D eigenvalue weighted by molar-refractivity contribution is 5.87. The van der Waals surface area contributed by atoms with Gasteiger partial charge in [0.25, 0.3) is 0 Å². The number of rotatable bonds is 9. The van der Waals surface area contributed by atoms with Crippen molar-refractivity contribution in [2.24, 2.45) is 5.92 Å². The number of aliphatic carboxylic acids is 1. The van der Waals surface area contributed by atoms with Gasteiger partial charge in [-0.15, -0.1) is 0 Å². The number of carboxylic acid groups (broad SMARTS) is 1. The molecule has 1 heterocycles. The first-order valence-corrected chi connectivity index (χ1v) is 11.0. The number of esters is 1. The summed E-state index contributed by atoms with van der Waals surface area (Å²) in [5.41, 5.74) is 1.11. The van der Waals surface area contributed by atoms with Gasteiger partial charge in [-0.25, -0.2) is 0 Å². The minimum absolute atomic E-state index is 0.00855. The summed E-state index contributed by atoms with van der Waals surface area (Å²) in [5.74, 6) is -1.23. The summed E-state index contributed by atoms with van der Waals surface area (Å²) in [5, 5.41) is 12.6. The van der Waals surface area contributed by atoms with Crippen molar-refractivity contribution >= 4 is 17.8 Å². The smallest absolute Gasteiger partial charge is 0.323 e. The van der Waals surface area contributed by atoms with Crippen LogP contribution >= 0.6 is 0 Å². The second-order valence-electron chi connectivity index (χ2n) is 8.24. The van der Waals surface area contributed by atoms with Crippen molar-refractivity contribution in [3.05, 3.63) is 35.9 Å². The SMILES string of the molecule is CCOC(=O)[C@H](CCc1ccccc1)N[C@H]1CCC2CCCC2N(CC(=O)O)C1=O. The van der Waals surface area contributed by atoms with Crippen LogP contribution in [0.15, 0.2) is 30.3 Å². The fourth-order valence-corrected chi connectivity index (χ4v) is 4.84. The van der Waals surface area contributed by atoms with E-state index < -0.39 is 18.1 Å². The summed E-state index contributed by atoms with van der Waals surface area (Å²) < 4.78 is 5.25.